The van der Waals surface area contributed by atoms with Gasteiger partial charge in [0.2, 0.25) is 5.91 Å². The van der Waals surface area contributed by atoms with Crippen LogP contribution in [0.25, 0.3) is 10.8 Å². The smallest absolute Gasteiger partial charge is 0.305 e. The second-order valence-corrected chi connectivity index (χ2v) is 6.39. The number of carboxylic acids is 1. The molecule has 1 fully saturated rings. The zero-order chi connectivity index (χ0) is 18.7. The van der Waals surface area contributed by atoms with Gasteiger partial charge in [-0.2, -0.15) is 0 Å². The van der Waals surface area contributed by atoms with Crippen molar-refractivity contribution in [1.82, 2.24) is 15.1 Å². The molecule has 1 amide bonds. The molecule has 1 unspecified atom stereocenters. The van der Waals surface area contributed by atoms with Crippen molar-refractivity contribution >= 4 is 22.6 Å². The largest absolute Gasteiger partial charge is 0.481 e. The standard InChI is InChI=1S/C17H19N3O6/c21-13(18-17(9-14(22)23)6-8-26-10-17)5-7-20-16(25)12-4-2-1-3-11(12)15(24)19-20/h1-4H,5-10H2,(H,18,21)(H,19,24)(H,22,23). The summed E-state index contributed by atoms with van der Waals surface area (Å²) in [5, 5.41) is 14.8. The van der Waals surface area contributed by atoms with Gasteiger partial charge in [0.1, 0.15) is 0 Å². The summed E-state index contributed by atoms with van der Waals surface area (Å²) in [5.41, 5.74) is -1.73. The van der Waals surface area contributed by atoms with Crippen LogP contribution in [0.3, 0.4) is 0 Å². The summed E-state index contributed by atoms with van der Waals surface area (Å²) >= 11 is 0. The number of rotatable bonds is 6. The number of ether oxygens (including phenoxy) is 1. The van der Waals surface area contributed by atoms with Crippen LogP contribution in [0.4, 0.5) is 0 Å². The van der Waals surface area contributed by atoms with Gasteiger partial charge in [0.05, 0.1) is 35.9 Å². The minimum absolute atomic E-state index is 0.0191. The molecular weight excluding hydrogens is 342 g/mol. The van der Waals surface area contributed by atoms with Crippen molar-refractivity contribution in [1.29, 1.82) is 0 Å². The van der Waals surface area contributed by atoms with E-state index in [1.54, 1.807) is 24.3 Å². The fourth-order valence-electron chi connectivity index (χ4n) is 3.15. The molecule has 0 aliphatic carbocycles. The predicted octanol–water partition coefficient (Wildman–Crippen LogP) is -0.170. The van der Waals surface area contributed by atoms with Crippen molar-refractivity contribution in [2.45, 2.75) is 31.3 Å². The second kappa shape index (κ2) is 7.12. The molecule has 0 spiro atoms. The molecule has 2 heterocycles. The van der Waals surface area contributed by atoms with Crippen LogP contribution in [0.15, 0.2) is 33.9 Å². The number of nitrogens with one attached hydrogen (secondary N) is 2. The third kappa shape index (κ3) is 3.67. The van der Waals surface area contributed by atoms with Crippen molar-refractivity contribution in [3.8, 4) is 0 Å². The summed E-state index contributed by atoms with van der Waals surface area (Å²) in [5.74, 6) is -1.43. The van der Waals surface area contributed by atoms with Crippen molar-refractivity contribution in [2.75, 3.05) is 13.2 Å². The Bertz CT molecular complexity index is 955. The molecule has 9 heteroatoms. The van der Waals surface area contributed by atoms with Crippen molar-refractivity contribution in [2.24, 2.45) is 0 Å². The number of aromatic nitrogens is 2. The molecule has 3 N–H and O–H groups in total. The lowest BCUT2D eigenvalue weighted by Gasteiger charge is -2.27. The number of amides is 1. The van der Waals surface area contributed by atoms with Crippen LogP contribution in [0, 0.1) is 0 Å². The Morgan fingerprint density at radius 2 is 2.00 bits per heavy atom. The Morgan fingerprint density at radius 3 is 2.65 bits per heavy atom. The molecular formula is C17H19N3O6. The van der Waals surface area contributed by atoms with E-state index in [1.165, 1.54) is 0 Å². The molecule has 9 nitrogen and oxygen atoms in total. The molecule has 0 radical (unpaired) electrons. The molecule has 1 saturated heterocycles. The van der Waals surface area contributed by atoms with E-state index in [2.05, 4.69) is 10.4 Å². The number of aryl methyl sites for hydroxylation is 1. The highest BCUT2D eigenvalue weighted by atomic mass is 16.5. The number of aliphatic carboxylic acids is 1. The van der Waals surface area contributed by atoms with Crippen LogP contribution in [0.5, 0.6) is 0 Å². The topological polar surface area (TPSA) is 130 Å². The number of H-pyrrole nitrogens is 1. The van der Waals surface area contributed by atoms with Crippen LogP contribution in [-0.4, -0.2) is 45.5 Å². The quantitative estimate of drug-likeness (QED) is 0.655. The zero-order valence-electron chi connectivity index (χ0n) is 14.0. The maximum atomic E-state index is 12.4. The molecule has 2 aromatic rings. The van der Waals surface area contributed by atoms with Crippen molar-refractivity contribution < 1.29 is 19.4 Å². The zero-order valence-corrected chi connectivity index (χ0v) is 14.0. The Hall–Kier alpha value is -2.94. The van der Waals surface area contributed by atoms with Crippen molar-refractivity contribution in [3.05, 3.63) is 45.0 Å². The number of hydrogen-bond donors (Lipinski definition) is 3. The highest BCUT2D eigenvalue weighted by Gasteiger charge is 2.38. The Labute approximate surface area is 147 Å². The lowest BCUT2D eigenvalue weighted by Crippen LogP contribution is -2.50. The molecule has 1 aromatic heterocycles. The number of aromatic amines is 1. The fourth-order valence-corrected chi connectivity index (χ4v) is 3.15. The summed E-state index contributed by atoms with van der Waals surface area (Å²) in [6.45, 7) is 0.498. The Morgan fingerprint density at radius 1 is 1.27 bits per heavy atom. The summed E-state index contributed by atoms with van der Waals surface area (Å²) in [7, 11) is 0. The normalized spacial score (nSPS) is 19.5. The number of carbonyl (C=O) groups is 2. The van der Waals surface area contributed by atoms with Crippen LogP contribution < -0.4 is 16.4 Å². The van der Waals surface area contributed by atoms with Gasteiger partial charge in [0.25, 0.3) is 11.1 Å². The van der Waals surface area contributed by atoms with E-state index in [4.69, 9.17) is 9.84 Å². The third-order valence-electron chi connectivity index (χ3n) is 4.44. The second-order valence-electron chi connectivity index (χ2n) is 6.39. The van der Waals surface area contributed by atoms with Gasteiger partial charge in [-0.05, 0) is 18.6 Å². The van der Waals surface area contributed by atoms with E-state index in [0.717, 1.165) is 4.68 Å². The molecule has 1 aliphatic heterocycles. The number of fused-ring (bicyclic) bond motifs is 1. The lowest BCUT2D eigenvalue weighted by molar-refractivity contribution is -0.139. The summed E-state index contributed by atoms with van der Waals surface area (Å²) < 4.78 is 6.32. The van der Waals surface area contributed by atoms with Crippen LogP contribution >= 0.6 is 0 Å². The first-order chi connectivity index (χ1) is 12.4. The average molecular weight is 361 g/mol. The van der Waals surface area contributed by atoms with Gasteiger partial charge < -0.3 is 15.2 Å². The monoisotopic (exact) mass is 361 g/mol. The minimum atomic E-state index is -1.02. The minimum Gasteiger partial charge on any atom is -0.481 e. The Kier molecular flexibility index (Phi) is 4.90. The SMILES string of the molecule is O=C(O)CC1(NC(=O)CCn2[nH]c(=O)c3ccccc3c2=O)CCOC1. The van der Waals surface area contributed by atoms with E-state index in [0.29, 0.717) is 18.4 Å². The maximum absolute atomic E-state index is 12.4. The molecule has 1 atom stereocenters. The van der Waals surface area contributed by atoms with E-state index in [-0.39, 0.29) is 31.4 Å². The lowest BCUT2D eigenvalue weighted by atomic mass is 9.94. The van der Waals surface area contributed by atoms with Crippen LogP contribution in [0.1, 0.15) is 19.3 Å². The van der Waals surface area contributed by atoms with Crippen LogP contribution in [-0.2, 0) is 20.9 Å². The van der Waals surface area contributed by atoms with E-state index in [1.807, 2.05) is 0 Å². The maximum Gasteiger partial charge on any atom is 0.305 e. The van der Waals surface area contributed by atoms with Gasteiger partial charge in [-0.1, -0.05) is 12.1 Å². The fraction of sp³-hybridized carbons (Fsp3) is 0.412. The van der Waals surface area contributed by atoms with E-state index < -0.39 is 28.5 Å². The van der Waals surface area contributed by atoms with Gasteiger partial charge >= 0.3 is 5.97 Å². The number of nitrogens with zero attached hydrogens (tertiary/aromatic N) is 1. The molecule has 138 valence electrons. The Balaban J connectivity index is 1.73. The van der Waals surface area contributed by atoms with E-state index >= 15 is 0 Å². The number of benzene rings is 1. The number of hydrogen-bond acceptors (Lipinski definition) is 5. The van der Waals surface area contributed by atoms with Crippen LogP contribution in [0.2, 0.25) is 0 Å². The first-order valence-electron chi connectivity index (χ1n) is 8.23. The average Bonchev–Trinajstić information content (AvgIpc) is 3.04. The summed E-state index contributed by atoms with van der Waals surface area (Å²) in [6.07, 6.45) is 0.110. The first kappa shape index (κ1) is 17.9. The highest BCUT2D eigenvalue weighted by molar-refractivity contribution is 5.80. The highest BCUT2D eigenvalue weighted by Crippen LogP contribution is 2.22. The molecule has 1 aromatic carbocycles. The molecule has 0 bridgehead atoms. The third-order valence-corrected chi connectivity index (χ3v) is 4.44. The number of carboxylic acid groups (broad SMARTS) is 1. The van der Waals surface area contributed by atoms with Crippen molar-refractivity contribution in [3.63, 3.8) is 0 Å². The van der Waals surface area contributed by atoms with E-state index in [9.17, 15) is 19.2 Å². The van der Waals surface area contributed by atoms with Gasteiger partial charge in [0.15, 0.2) is 0 Å². The predicted molar refractivity (Wildman–Crippen MR) is 92.0 cm³/mol. The van der Waals surface area contributed by atoms with Gasteiger partial charge in [-0.25, -0.2) is 4.68 Å². The summed E-state index contributed by atoms with van der Waals surface area (Å²) in [4.78, 5) is 47.7. The molecule has 3 rings (SSSR count). The van der Waals surface area contributed by atoms with Gasteiger partial charge in [-0.15, -0.1) is 0 Å². The molecule has 26 heavy (non-hydrogen) atoms. The number of carbonyl (C=O) groups excluding carboxylic acids is 1. The summed E-state index contributed by atoms with van der Waals surface area (Å²) in [6, 6.07) is 6.44. The first-order valence-corrected chi connectivity index (χ1v) is 8.23. The molecule has 1 aliphatic rings. The van der Waals surface area contributed by atoms with Gasteiger partial charge in [0, 0.05) is 13.0 Å². The van der Waals surface area contributed by atoms with Gasteiger partial charge in [-0.3, -0.25) is 24.3 Å². The molecule has 0 saturated carbocycles.